The number of carbonyl (C=O) groups excluding carboxylic acids is 1. The van der Waals surface area contributed by atoms with Crippen molar-refractivity contribution in [1.29, 1.82) is 0 Å². The molecule has 0 amide bonds. The van der Waals surface area contributed by atoms with E-state index in [1.165, 1.54) is 44.9 Å². The number of aromatic amines is 1. The van der Waals surface area contributed by atoms with Crippen molar-refractivity contribution in [1.82, 2.24) is 9.55 Å². The third-order valence-electron chi connectivity index (χ3n) is 6.50. The maximum Gasteiger partial charge on any atom is 0.312 e. The number of aromatic nitrogens is 2. The van der Waals surface area contributed by atoms with Gasteiger partial charge in [-0.05, 0) is 56.3 Å². The van der Waals surface area contributed by atoms with E-state index >= 15 is 0 Å². The summed E-state index contributed by atoms with van der Waals surface area (Å²) in [5.74, 6) is 0.781. The Morgan fingerprint density at radius 3 is 2.00 bits per heavy atom. The molecule has 1 unspecified atom stereocenters. The molecule has 1 atom stereocenters. The van der Waals surface area contributed by atoms with Gasteiger partial charge in [-0.25, -0.2) is 0 Å². The van der Waals surface area contributed by atoms with E-state index in [2.05, 4.69) is 44.2 Å². The number of ether oxygens (including phenoxy) is 1. The summed E-state index contributed by atoms with van der Waals surface area (Å²) in [6, 6.07) is 1.89. The van der Waals surface area contributed by atoms with Crippen LogP contribution < -0.4 is 0 Å². The van der Waals surface area contributed by atoms with Gasteiger partial charge in [0.15, 0.2) is 4.77 Å². The van der Waals surface area contributed by atoms with Crippen molar-refractivity contribution < 1.29 is 9.53 Å². The number of esters is 1. The van der Waals surface area contributed by atoms with Crippen LogP contribution in [0.15, 0.2) is 12.3 Å². The number of nitrogens with zero attached hydrogens (tertiary/aromatic N) is 1. The maximum absolute atomic E-state index is 12.6. The van der Waals surface area contributed by atoms with Crippen molar-refractivity contribution in [2.75, 3.05) is 6.61 Å². The second-order valence-corrected chi connectivity index (χ2v) is 11.0. The largest absolute Gasteiger partial charge is 0.465 e. The molecule has 32 heavy (non-hydrogen) atoms. The van der Waals surface area contributed by atoms with Gasteiger partial charge in [-0.3, -0.25) is 4.79 Å². The van der Waals surface area contributed by atoms with E-state index in [4.69, 9.17) is 29.2 Å². The summed E-state index contributed by atoms with van der Waals surface area (Å²) in [4.78, 5) is 15.6. The summed E-state index contributed by atoms with van der Waals surface area (Å²) in [6.07, 6.45) is 15.1. The molecule has 6 heteroatoms. The fourth-order valence-electron chi connectivity index (χ4n) is 4.15. The molecule has 0 saturated carbocycles. The predicted octanol–water partition coefficient (Wildman–Crippen LogP) is 8.43. The number of rotatable bonds is 17. The SMILES string of the molecule is CC(C)CC(C)(C(=O)OCCCCCCCCCCCCn1ccc(=S)[nH]c1=S)C(C)C. The molecule has 4 nitrogen and oxygen atoms in total. The lowest BCUT2D eigenvalue weighted by atomic mass is 9.73. The molecule has 1 aromatic heterocycles. The van der Waals surface area contributed by atoms with Gasteiger partial charge in [-0.1, -0.05) is 91.3 Å². The molecule has 0 aliphatic heterocycles. The van der Waals surface area contributed by atoms with E-state index in [9.17, 15) is 4.79 Å². The molecule has 0 aliphatic carbocycles. The minimum atomic E-state index is -0.366. The van der Waals surface area contributed by atoms with Gasteiger partial charge in [0.1, 0.15) is 4.64 Å². The van der Waals surface area contributed by atoms with Gasteiger partial charge in [0.25, 0.3) is 0 Å². The summed E-state index contributed by atoms with van der Waals surface area (Å²) >= 11 is 10.4. The first-order valence-corrected chi connectivity index (χ1v) is 13.5. The molecule has 1 aromatic rings. The Hall–Kier alpha value is -1.01. The van der Waals surface area contributed by atoms with Crippen LogP contribution in [0.5, 0.6) is 0 Å². The molecule has 0 fully saturated rings. The quantitative estimate of drug-likeness (QED) is 0.137. The number of nitrogens with one attached hydrogen (secondary N) is 1. The Morgan fingerprint density at radius 2 is 1.50 bits per heavy atom. The van der Waals surface area contributed by atoms with E-state index in [0.29, 0.717) is 23.1 Å². The van der Waals surface area contributed by atoms with Gasteiger partial charge >= 0.3 is 5.97 Å². The smallest absolute Gasteiger partial charge is 0.312 e. The minimum absolute atomic E-state index is 0.0148. The zero-order chi connectivity index (χ0) is 24.0. The third-order valence-corrected chi connectivity index (χ3v) is 7.07. The van der Waals surface area contributed by atoms with Crippen LogP contribution in [0.25, 0.3) is 0 Å². The van der Waals surface area contributed by atoms with Crippen molar-refractivity contribution >= 4 is 30.4 Å². The average Bonchev–Trinajstić information content (AvgIpc) is 2.71. The van der Waals surface area contributed by atoms with Crippen LogP contribution in [0.2, 0.25) is 0 Å². The summed E-state index contributed by atoms with van der Waals surface area (Å²) in [7, 11) is 0. The number of hydrogen-bond acceptors (Lipinski definition) is 4. The van der Waals surface area contributed by atoms with Crippen molar-refractivity contribution in [2.45, 2.75) is 112 Å². The van der Waals surface area contributed by atoms with Crippen LogP contribution in [0.3, 0.4) is 0 Å². The highest BCUT2D eigenvalue weighted by Crippen LogP contribution is 2.35. The van der Waals surface area contributed by atoms with E-state index in [0.717, 1.165) is 37.0 Å². The number of aryl methyl sites for hydroxylation is 1. The zero-order valence-corrected chi connectivity index (χ0v) is 22.7. The van der Waals surface area contributed by atoms with E-state index in [1.807, 2.05) is 12.3 Å². The average molecular weight is 483 g/mol. The normalized spacial score (nSPS) is 13.5. The number of hydrogen-bond donors (Lipinski definition) is 1. The van der Waals surface area contributed by atoms with Crippen molar-refractivity contribution in [2.24, 2.45) is 17.3 Å². The van der Waals surface area contributed by atoms with Crippen LogP contribution in [-0.2, 0) is 16.1 Å². The Kier molecular flexibility index (Phi) is 14.3. The van der Waals surface area contributed by atoms with E-state index < -0.39 is 0 Å². The highest BCUT2D eigenvalue weighted by Gasteiger charge is 2.38. The first kappa shape index (κ1) is 29.0. The fraction of sp³-hybridized carbons (Fsp3) is 0.808. The summed E-state index contributed by atoms with van der Waals surface area (Å²) in [6.45, 7) is 12.2. The van der Waals surface area contributed by atoms with Crippen LogP contribution in [0, 0.1) is 26.7 Å². The van der Waals surface area contributed by atoms with Crippen LogP contribution >= 0.6 is 24.4 Å². The Balaban J connectivity index is 2.00. The first-order valence-electron chi connectivity index (χ1n) is 12.6. The molecule has 1 rings (SSSR count). The highest BCUT2D eigenvalue weighted by molar-refractivity contribution is 7.72. The van der Waals surface area contributed by atoms with Gasteiger partial charge < -0.3 is 14.3 Å². The molecule has 0 spiro atoms. The second-order valence-electron chi connectivity index (χ2n) is 10.1. The molecule has 1 N–H and O–H groups in total. The van der Waals surface area contributed by atoms with Gasteiger partial charge in [-0.2, -0.15) is 0 Å². The van der Waals surface area contributed by atoms with Gasteiger partial charge in [0.05, 0.1) is 12.0 Å². The molecule has 0 radical (unpaired) electrons. The van der Waals surface area contributed by atoms with Crippen molar-refractivity contribution in [3.8, 4) is 0 Å². The van der Waals surface area contributed by atoms with Crippen molar-refractivity contribution in [3.63, 3.8) is 0 Å². The van der Waals surface area contributed by atoms with Crippen LogP contribution in [0.1, 0.15) is 105 Å². The lowest BCUT2D eigenvalue weighted by Crippen LogP contribution is -2.36. The Labute approximate surface area is 206 Å². The van der Waals surface area contributed by atoms with E-state index in [1.54, 1.807) is 0 Å². The Morgan fingerprint density at radius 1 is 0.969 bits per heavy atom. The molecule has 0 saturated heterocycles. The molecular weight excluding hydrogens is 436 g/mol. The molecular formula is C26H46N2O2S2. The summed E-state index contributed by atoms with van der Waals surface area (Å²) in [5, 5.41) is 0. The third kappa shape index (κ3) is 11.2. The molecule has 0 aromatic carbocycles. The fourth-order valence-corrected chi connectivity index (χ4v) is 4.64. The number of H-pyrrole nitrogens is 1. The molecule has 0 aliphatic rings. The van der Waals surface area contributed by atoms with Gasteiger partial charge in [-0.15, -0.1) is 0 Å². The van der Waals surface area contributed by atoms with Crippen molar-refractivity contribution in [3.05, 3.63) is 21.7 Å². The second kappa shape index (κ2) is 15.8. The first-order chi connectivity index (χ1) is 15.2. The zero-order valence-electron chi connectivity index (χ0n) is 21.1. The van der Waals surface area contributed by atoms with Gasteiger partial charge in [0.2, 0.25) is 0 Å². The lowest BCUT2D eigenvalue weighted by Gasteiger charge is -2.32. The minimum Gasteiger partial charge on any atom is -0.465 e. The summed E-state index contributed by atoms with van der Waals surface area (Å²) in [5.41, 5.74) is -0.366. The number of carbonyl (C=O) groups is 1. The van der Waals surface area contributed by atoms with Crippen LogP contribution in [0.4, 0.5) is 0 Å². The molecule has 1 heterocycles. The van der Waals surface area contributed by atoms with Crippen LogP contribution in [-0.4, -0.2) is 22.1 Å². The van der Waals surface area contributed by atoms with Gasteiger partial charge in [0, 0.05) is 12.7 Å². The monoisotopic (exact) mass is 482 g/mol. The highest BCUT2D eigenvalue weighted by atomic mass is 32.1. The molecule has 0 bridgehead atoms. The molecule has 184 valence electrons. The summed E-state index contributed by atoms with van der Waals surface area (Å²) < 4.78 is 9.12. The standard InChI is InChI=1S/C26H46N2O2S2/c1-21(2)20-26(5,22(3)4)24(29)30-19-15-13-11-9-7-6-8-10-12-14-17-28-18-16-23(31)27-25(28)32/h16,18,21-22H,6-15,17,19-20H2,1-5H3,(H,27,31,32). The maximum atomic E-state index is 12.6. The Bertz CT molecular complexity index is 770. The lowest BCUT2D eigenvalue weighted by molar-refractivity contribution is -0.159. The van der Waals surface area contributed by atoms with E-state index in [-0.39, 0.29) is 11.4 Å². The number of unbranched alkanes of at least 4 members (excludes halogenated alkanes) is 9. The predicted molar refractivity (Wildman–Crippen MR) is 140 cm³/mol. The topological polar surface area (TPSA) is 47.0 Å².